The minimum atomic E-state index is -0.341. The zero-order chi connectivity index (χ0) is 17.4. The lowest BCUT2D eigenvalue weighted by Crippen LogP contribution is -2.15. The Kier molecular flexibility index (Phi) is 3.67. The smallest absolute Gasteiger partial charge is 0.142 e. The lowest BCUT2D eigenvalue weighted by atomic mass is 9.94. The lowest BCUT2D eigenvalue weighted by Gasteiger charge is -2.20. The molecule has 0 bridgehead atoms. The van der Waals surface area contributed by atoms with E-state index in [-0.39, 0.29) is 11.6 Å². The van der Waals surface area contributed by atoms with E-state index in [2.05, 4.69) is 16.2 Å². The summed E-state index contributed by atoms with van der Waals surface area (Å²) in [6.45, 7) is 0.950. The van der Waals surface area contributed by atoms with E-state index in [1.165, 1.54) is 12.1 Å². The van der Waals surface area contributed by atoms with Gasteiger partial charge in [-0.3, -0.25) is 0 Å². The number of nitrogens with zero attached hydrogens (tertiary/aromatic N) is 4. The van der Waals surface area contributed by atoms with Gasteiger partial charge in [-0.05, 0) is 18.2 Å². The average Bonchev–Trinajstić information content (AvgIpc) is 3.10. The van der Waals surface area contributed by atoms with Crippen LogP contribution in [0.2, 0.25) is 0 Å². The third-order valence-electron chi connectivity index (χ3n) is 4.20. The van der Waals surface area contributed by atoms with Crippen molar-refractivity contribution in [2.75, 3.05) is 12.3 Å². The van der Waals surface area contributed by atoms with Crippen LogP contribution in [0.1, 0.15) is 16.8 Å². The fraction of sp³-hybridized carbons (Fsp3) is 0.167. The molecule has 3 aromatic rings. The Labute approximate surface area is 143 Å². The Morgan fingerprint density at radius 2 is 2.24 bits per heavy atom. The van der Waals surface area contributed by atoms with Gasteiger partial charge in [0.1, 0.15) is 23.3 Å². The first kappa shape index (κ1) is 15.3. The van der Waals surface area contributed by atoms with Crippen molar-refractivity contribution in [1.82, 2.24) is 14.8 Å². The Balaban J connectivity index is 1.88. The van der Waals surface area contributed by atoms with E-state index in [9.17, 15) is 9.65 Å². The minimum Gasteiger partial charge on any atom is -0.383 e. The number of anilines is 1. The highest BCUT2D eigenvalue weighted by molar-refractivity contribution is 5.78. The molecule has 2 aromatic heterocycles. The van der Waals surface area contributed by atoms with Crippen molar-refractivity contribution in [2.45, 2.75) is 13.0 Å². The maximum atomic E-state index is 13.5. The highest BCUT2D eigenvalue weighted by Gasteiger charge is 2.23. The zero-order valence-electron chi connectivity index (χ0n) is 13.2. The molecular weight excluding hydrogens is 321 g/mol. The quantitative estimate of drug-likeness (QED) is 0.777. The summed E-state index contributed by atoms with van der Waals surface area (Å²) in [7, 11) is 0. The van der Waals surface area contributed by atoms with Gasteiger partial charge < -0.3 is 10.5 Å². The monoisotopic (exact) mass is 335 g/mol. The van der Waals surface area contributed by atoms with Crippen molar-refractivity contribution < 1.29 is 9.13 Å². The molecule has 6 nitrogen and oxygen atoms in total. The molecule has 124 valence electrons. The van der Waals surface area contributed by atoms with E-state index in [0.29, 0.717) is 36.4 Å². The molecule has 0 unspecified atom stereocenters. The van der Waals surface area contributed by atoms with Crippen molar-refractivity contribution in [1.29, 1.82) is 5.26 Å². The maximum Gasteiger partial charge on any atom is 0.142 e. The van der Waals surface area contributed by atoms with Gasteiger partial charge in [0, 0.05) is 29.3 Å². The first-order valence-corrected chi connectivity index (χ1v) is 7.77. The summed E-state index contributed by atoms with van der Waals surface area (Å²) >= 11 is 0. The molecule has 0 aliphatic carbocycles. The average molecular weight is 335 g/mol. The van der Waals surface area contributed by atoms with Crippen LogP contribution in [0.25, 0.3) is 16.8 Å². The van der Waals surface area contributed by atoms with Gasteiger partial charge in [-0.15, -0.1) is 0 Å². The normalized spacial score (nSPS) is 13.3. The van der Waals surface area contributed by atoms with Gasteiger partial charge in [-0.1, -0.05) is 6.07 Å². The second-order valence-electron chi connectivity index (χ2n) is 5.74. The number of hydrogen-bond acceptors (Lipinski definition) is 5. The second-order valence-corrected chi connectivity index (χ2v) is 5.74. The van der Waals surface area contributed by atoms with E-state index in [1.807, 2.05) is 0 Å². The molecule has 2 N–H and O–H groups in total. The van der Waals surface area contributed by atoms with Crippen LogP contribution < -0.4 is 5.73 Å². The Morgan fingerprint density at radius 3 is 3.04 bits per heavy atom. The van der Waals surface area contributed by atoms with Gasteiger partial charge in [0.05, 0.1) is 30.8 Å². The van der Waals surface area contributed by atoms with Crippen molar-refractivity contribution >= 4 is 5.82 Å². The highest BCUT2D eigenvalue weighted by Crippen LogP contribution is 2.34. The number of hydrogen-bond donors (Lipinski definition) is 1. The van der Waals surface area contributed by atoms with Crippen LogP contribution in [0.15, 0.2) is 36.7 Å². The molecule has 0 amide bonds. The third-order valence-corrected chi connectivity index (χ3v) is 4.20. The van der Waals surface area contributed by atoms with E-state index in [1.54, 1.807) is 29.2 Å². The third kappa shape index (κ3) is 2.62. The molecule has 7 heteroatoms. The number of pyridine rings is 1. The predicted molar refractivity (Wildman–Crippen MR) is 89.2 cm³/mol. The number of halogens is 1. The Morgan fingerprint density at radius 1 is 1.36 bits per heavy atom. The maximum absolute atomic E-state index is 13.5. The molecule has 0 saturated heterocycles. The summed E-state index contributed by atoms with van der Waals surface area (Å²) in [5.41, 5.74) is 9.99. The van der Waals surface area contributed by atoms with Crippen LogP contribution >= 0.6 is 0 Å². The second kappa shape index (κ2) is 6.00. The summed E-state index contributed by atoms with van der Waals surface area (Å²) in [6, 6.07) is 8.27. The molecule has 4 rings (SSSR count). The minimum absolute atomic E-state index is 0.205. The largest absolute Gasteiger partial charge is 0.383 e. The molecule has 0 radical (unpaired) electrons. The first-order valence-electron chi connectivity index (χ1n) is 7.77. The summed E-state index contributed by atoms with van der Waals surface area (Å²) in [4.78, 5) is 4.35. The van der Waals surface area contributed by atoms with Gasteiger partial charge in [0.25, 0.3) is 0 Å². The van der Waals surface area contributed by atoms with Gasteiger partial charge in [-0.25, -0.2) is 14.1 Å². The molecule has 3 heterocycles. The Hall–Kier alpha value is -3.24. The van der Waals surface area contributed by atoms with E-state index < -0.39 is 0 Å². The molecule has 1 aliphatic rings. The summed E-state index contributed by atoms with van der Waals surface area (Å²) in [5, 5.41) is 13.8. The predicted octanol–water partition coefficient (Wildman–Crippen LogP) is 2.60. The van der Waals surface area contributed by atoms with Crippen LogP contribution in [0, 0.1) is 17.1 Å². The van der Waals surface area contributed by atoms with Crippen LogP contribution in [0.3, 0.4) is 0 Å². The summed E-state index contributed by atoms with van der Waals surface area (Å²) in [5.74, 6) is -0.136. The molecule has 0 spiro atoms. The molecule has 0 fully saturated rings. The molecule has 25 heavy (non-hydrogen) atoms. The Bertz CT molecular complexity index is 1010. The highest BCUT2D eigenvalue weighted by atomic mass is 19.1. The number of nitriles is 1. The van der Waals surface area contributed by atoms with Crippen molar-refractivity contribution in [3.63, 3.8) is 0 Å². The van der Waals surface area contributed by atoms with Gasteiger partial charge in [-0.2, -0.15) is 10.4 Å². The fourth-order valence-electron chi connectivity index (χ4n) is 3.04. The topological polar surface area (TPSA) is 89.8 Å². The van der Waals surface area contributed by atoms with E-state index in [4.69, 9.17) is 10.5 Å². The first-order chi connectivity index (χ1) is 12.2. The van der Waals surface area contributed by atoms with Crippen LogP contribution in [0.4, 0.5) is 10.2 Å². The van der Waals surface area contributed by atoms with Crippen LogP contribution in [-0.2, 0) is 17.8 Å². The number of fused-ring (bicyclic) bond motifs is 1. The van der Waals surface area contributed by atoms with Crippen molar-refractivity contribution in [3.05, 3.63) is 59.3 Å². The number of nitrogens with two attached hydrogens (primary N) is 1. The van der Waals surface area contributed by atoms with E-state index >= 15 is 0 Å². The molecular formula is C18H14FN5O. The number of nitrogen functional groups attached to an aromatic ring is 1. The number of benzene rings is 1. The van der Waals surface area contributed by atoms with E-state index in [0.717, 1.165) is 16.8 Å². The lowest BCUT2D eigenvalue weighted by molar-refractivity contribution is 0.109. The number of ether oxygens (including phenoxy) is 1. The fourth-order valence-corrected chi connectivity index (χ4v) is 3.04. The van der Waals surface area contributed by atoms with Gasteiger partial charge in [0.15, 0.2) is 0 Å². The molecule has 0 saturated carbocycles. The number of rotatable bonds is 2. The SMILES string of the molecule is N#Cc1c(N)nc2c(c1-c1cnn(-c3cccc(F)c3)c1)COCC2. The van der Waals surface area contributed by atoms with Crippen molar-refractivity contribution in [2.24, 2.45) is 0 Å². The van der Waals surface area contributed by atoms with Crippen molar-refractivity contribution in [3.8, 4) is 22.9 Å². The van der Waals surface area contributed by atoms with Crippen LogP contribution in [0.5, 0.6) is 0 Å². The zero-order valence-corrected chi connectivity index (χ0v) is 13.2. The van der Waals surface area contributed by atoms with Gasteiger partial charge >= 0.3 is 0 Å². The van der Waals surface area contributed by atoms with Crippen LogP contribution in [-0.4, -0.2) is 21.4 Å². The molecule has 0 atom stereocenters. The standard InChI is InChI=1S/C18H14FN5O/c19-12-2-1-3-13(6-12)24-9-11(8-22-24)17-14(7-20)18(21)23-16-4-5-25-10-15(16)17/h1-3,6,8-9H,4-5,10H2,(H2,21,23). The molecule has 1 aliphatic heterocycles. The number of aromatic nitrogens is 3. The summed E-state index contributed by atoms with van der Waals surface area (Å²) < 4.78 is 20.6. The van der Waals surface area contributed by atoms with Gasteiger partial charge in [0.2, 0.25) is 0 Å². The molecule has 1 aromatic carbocycles. The summed E-state index contributed by atoms with van der Waals surface area (Å²) in [6.07, 6.45) is 4.03.